The van der Waals surface area contributed by atoms with Crippen molar-refractivity contribution in [2.45, 2.75) is 26.9 Å². The summed E-state index contributed by atoms with van der Waals surface area (Å²) < 4.78 is 5.45. The quantitative estimate of drug-likeness (QED) is 0.601. The molecule has 0 aromatic rings. The van der Waals surface area contributed by atoms with Crippen molar-refractivity contribution in [2.24, 2.45) is 0 Å². The van der Waals surface area contributed by atoms with Crippen LogP contribution in [-0.4, -0.2) is 49.0 Å². The van der Waals surface area contributed by atoms with E-state index in [2.05, 4.69) is 11.5 Å². The summed E-state index contributed by atoms with van der Waals surface area (Å²) in [6.07, 6.45) is 0.274. The highest BCUT2D eigenvalue weighted by Crippen LogP contribution is 1.96. The molecule has 0 spiro atoms. The fourth-order valence-corrected chi connectivity index (χ4v) is 1.21. The Labute approximate surface area is 87.4 Å². The zero-order valence-corrected chi connectivity index (χ0v) is 9.62. The maximum absolute atomic E-state index is 8.85. The second-order valence-electron chi connectivity index (χ2n) is 3.88. The number of aliphatic hydroxyl groups is 1. The maximum atomic E-state index is 8.85. The van der Waals surface area contributed by atoms with E-state index in [0.717, 1.165) is 18.7 Å². The van der Waals surface area contributed by atoms with Gasteiger partial charge in [-0.05, 0) is 20.8 Å². The predicted octanol–water partition coefficient (Wildman–Crippen LogP) is 1.28. The first kappa shape index (κ1) is 13.6. The second-order valence-corrected chi connectivity index (χ2v) is 3.88. The van der Waals surface area contributed by atoms with Crippen molar-refractivity contribution in [1.29, 1.82) is 0 Å². The van der Waals surface area contributed by atoms with Gasteiger partial charge in [0.15, 0.2) is 0 Å². The van der Waals surface area contributed by atoms with Gasteiger partial charge in [0.05, 0.1) is 19.3 Å². The Morgan fingerprint density at radius 2 is 2.07 bits per heavy atom. The fourth-order valence-electron chi connectivity index (χ4n) is 1.21. The largest absolute Gasteiger partial charge is 0.395 e. The van der Waals surface area contributed by atoms with Crippen molar-refractivity contribution in [3.63, 3.8) is 0 Å². The summed E-state index contributed by atoms with van der Waals surface area (Å²) >= 11 is 0. The molecule has 3 heteroatoms. The van der Waals surface area contributed by atoms with Crippen molar-refractivity contribution in [3.8, 4) is 0 Å². The number of aliphatic hydroxyl groups excluding tert-OH is 1. The minimum atomic E-state index is 0.189. The van der Waals surface area contributed by atoms with E-state index in [1.54, 1.807) is 0 Å². The van der Waals surface area contributed by atoms with Gasteiger partial charge in [0.25, 0.3) is 0 Å². The number of hydrogen-bond acceptors (Lipinski definition) is 3. The highest BCUT2D eigenvalue weighted by atomic mass is 16.5. The van der Waals surface area contributed by atoms with Gasteiger partial charge in [0, 0.05) is 19.6 Å². The summed E-state index contributed by atoms with van der Waals surface area (Å²) in [7, 11) is 0. The Kier molecular flexibility index (Phi) is 7.76. The molecule has 0 saturated carbocycles. The minimum absolute atomic E-state index is 0.189. The van der Waals surface area contributed by atoms with Crippen molar-refractivity contribution < 1.29 is 9.84 Å². The average Bonchev–Trinajstić information content (AvgIpc) is 2.02. The molecule has 0 aromatic carbocycles. The van der Waals surface area contributed by atoms with Gasteiger partial charge in [-0.2, -0.15) is 0 Å². The lowest BCUT2D eigenvalue weighted by molar-refractivity contribution is 0.0574. The van der Waals surface area contributed by atoms with Crippen LogP contribution in [0, 0.1) is 0 Å². The zero-order chi connectivity index (χ0) is 11.0. The lowest BCUT2D eigenvalue weighted by Crippen LogP contribution is -2.32. The van der Waals surface area contributed by atoms with E-state index in [1.807, 2.05) is 20.8 Å². The summed E-state index contributed by atoms with van der Waals surface area (Å²) in [4.78, 5) is 2.14. The molecule has 84 valence electrons. The SMILES string of the molecule is C=C(C)CN(CCO)CCOC(C)C. The van der Waals surface area contributed by atoms with Crippen LogP contribution in [0.25, 0.3) is 0 Å². The number of rotatable bonds is 8. The van der Waals surface area contributed by atoms with E-state index in [0.29, 0.717) is 13.2 Å². The van der Waals surface area contributed by atoms with Gasteiger partial charge in [-0.3, -0.25) is 4.90 Å². The molecule has 14 heavy (non-hydrogen) atoms. The molecular weight excluding hydrogens is 178 g/mol. The highest BCUT2D eigenvalue weighted by molar-refractivity contribution is 4.91. The third kappa shape index (κ3) is 8.23. The van der Waals surface area contributed by atoms with Gasteiger partial charge in [-0.15, -0.1) is 0 Å². The second kappa shape index (κ2) is 7.97. The van der Waals surface area contributed by atoms with Crippen LogP contribution >= 0.6 is 0 Å². The van der Waals surface area contributed by atoms with Gasteiger partial charge in [-0.1, -0.05) is 12.2 Å². The van der Waals surface area contributed by atoms with Crippen molar-refractivity contribution in [1.82, 2.24) is 4.90 Å². The Hall–Kier alpha value is -0.380. The molecule has 0 unspecified atom stereocenters. The molecule has 0 aromatic heterocycles. The molecule has 0 saturated heterocycles. The molecule has 0 aliphatic carbocycles. The molecule has 0 aliphatic heterocycles. The van der Waals surface area contributed by atoms with E-state index in [9.17, 15) is 0 Å². The topological polar surface area (TPSA) is 32.7 Å². The first-order valence-corrected chi connectivity index (χ1v) is 5.15. The predicted molar refractivity (Wildman–Crippen MR) is 59.4 cm³/mol. The van der Waals surface area contributed by atoms with Crippen LogP contribution in [0.3, 0.4) is 0 Å². The van der Waals surface area contributed by atoms with Crippen LogP contribution in [0.2, 0.25) is 0 Å². The molecule has 0 amide bonds. The Balaban J connectivity index is 3.67. The highest BCUT2D eigenvalue weighted by Gasteiger charge is 2.04. The third-order valence-electron chi connectivity index (χ3n) is 1.77. The molecule has 0 bridgehead atoms. The van der Waals surface area contributed by atoms with Crippen LogP contribution in [0.1, 0.15) is 20.8 Å². The fraction of sp³-hybridized carbons (Fsp3) is 0.818. The van der Waals surface area contributed by atoms with Crippen molar-refractivity contribution in [3.05, 3.63) is 12.2 Å². The lowest BCUT2D eigenvalue weighted by atomic mass is 10.3. The third-order valence-corrected chi connectivity index (χ3v) is 1.77. The Bertz CT molecular complexity index is 157. The Morgan fingerprint density at radius 3 is 2.50 bits per heavy atom. The smallest absolute Gasteiger partial charge is 0.0597 e. The summed E-state index contributed by atoms with van der Waals surface area (Å²) in [5.74, 6) is 0. The summed E-state index contributed by atoms with van der Waals surface area (Å²) in [6.45, 7) is 13.2. The van der Waals surface area contributed by atoms with Gasteiger partial charge >= 0.3 is 0 Å². The molecule has 0 fully saturated rings. The van der Waals surface area contributed by atoms with Gasteiger partial charge in [-0.25, -0.2) is 0 Å². The van der Waals surface area contributed by atoms with E-state index in [-0.39, 0.29) is 12.7 Å². The number of hydrogen-bond donors (Lipinski definition) is 1. The van der Waals surface area contributed by atoms with Crippen molar-refractivity contribution in [2.75, 3.05) is 32.8 Å². The van der Waals surface area contributed by atoms with Crippen LogP contribution in [0.15, 0.2) is 12.2 Å². The van der Waals surface area contributed by atoms with Gasteiger partial charge < -0.3 is 9.84 Å². The van der Waals surface area contributed by atoms with E-state index in [1.165, 1.54) is 0 Å². The van der Waals surface area contributed by atoms with Crippen LogP contribution in [-0.2, 0) is 4.74 Å². The monoisotopic (exact) mass is 201 g/mol. The number of nitrogens with zero attached hydrogens (tertiary/aromatic N) is 1. The maximum Gasteiger partial charge on any atom is 0.0597 e. The molecule has 0 aliphatic rings. The first-order chi connectivity index (χ1) is 6.56. The van der Waals surface area contributed by atoms with Crippen LogP contribution in [0.5, 0.6) is 0 Å². The molecule has 0 rings (SSSR count). The normalized spacial score (nSPS) is 11.3. The van der Waals surface area contributed by atoms with Crippen molar-refractivity contribution >= 4 is 0 Å². The van der Waals surface area contributed by atoms with E-state index in [4.69, 9.17) is 9.84 Å². The summed E-state index contributed by atoms with van der Waals surface area (Å²) in [5.41, 5.74) is 1.11. The molecular formula is C11H23NO2. The first-order valence-electron chi connectivity index (χ1n) is 5.15. The van der Waals surface area contributed by atoms with Crippen LogP contribution in [0.4, 0.5) is 0 Å². The van der Waals surface area contributed by atoms with E-state index >= 15 is 0 Å². The molecule has 0 atom stereocenters. The lowest BCUT2D eigenvalue weighted by Gasteiger charge is -2.21. The van der Waals surface area contributed by atoms with Gasteiger partial charge in [0.1, 0.15) is 0 Å². The minimum Gasteiger partial charge on any atom is -0.395 e. The van der Waals surface area contributed by atoms with E-state index < -0.39 is 0 Å². The molecule has 3 nitrogen and oxygen atoms in total. The zero-order valence-electron chi connectivity index (χ0n) is 9.62. The summed E-state index contributed by atoms with van der Waals surface area (Å²) in [6, 6.07) is 0. The van der Waals surface area contributed by atoms with Crippen LogP contribution < -0.4 is 0 Å². The molecule has 1 N–H and O–H groups in total. The standard InChI is InChI=1S/C11H23NO2/c1-10(2)9-12(5-7-13)6-8-14-11(3)4/h11,13H,1,5-9H2,2-4H3. The molecule has 0 radical (unpaired) electrons. The number of ether oxygens (including phenoxy) is 1. The summed E-state index contributed by atoms with van der Waals surface area (Å²) in [5, 5.41) is 8.85. The van der Waals surface area contributed by atoms with Gasteiger partial charge in [0.2, 0.25) is 0 Å². The average molecular weight is 201 g/mol. The molecule has 0 heterocycles. The Morgan fingerprint density at radius 1 is 1.43 bits per heavy atom.